The van der Waals surface area contributed by atoms with Crippen LogP contribution in [-0.4, -0.2) is 23.6 Å². The van der Waals surface area contributed by atoms with E-state index < -0.39 is 0 Å². The van der Waals surface area contributed by atoms with Crippen molar-refractivity contribution in [3.05, 3.63) is 41.7 Å². The van der Waals surface area contributed by atoms with Crippen molar-refractivity contribution in [2.45, 2.75) is 13.5 Å². The minimum absolute atomic E-state index is 0.308. The average Bonchev–Trinajstić information content (AvgIpc) is 2.51. The van der Waals surface area contributed by atoms with Crippen LogP contribution in [0.5, 0.6) is 0 Å². The Morgan fingerprint density at radius 1 is 1.33 bits per heavy atom. The van der Waals surface area contributed by atoms with Gasteiger partial charge in [-0.3, -0.25) is 0 Å². The van der Waals surface area contributed by atoms with Gasteiger partial charge in [0.25, 0.3) is 0 Å². The van der Waals surface area contributed by atoms with E-state index >= 15 is 0 Å². The lowest BCUT2D eigenvalue weighted by Crippen LogP contribution is -2.15. The van der Waals surface area contributed by atoms with Gasteiger partial charge in [-0.25, -0.2) is 9.97 Å². The number of benzene rings is 1. The SMILES string of the molecule is CCOCc1nc(N)cc(N(C)c2ccccc2C#N)n1. The van der Waals surface area contributed by atoms with Crippen LogP contribution >= 0.6 is 0 Å². The number of rotatable bonds is 5. The van der Waals surface area contributed by atoms with Crippen LogP contribution in [0.4, 0.5) is 17.3 Å². The highest BCUT2D eigenvalue weighted by atomic mass is 16.5. The highest BCUT2D eigenvalue weighted by Crippen LogP contribution is 2.26. The molecule has 0 saturated carbocycles. The third-order valence-corrected chi connectivity index (χ3v) is 2.94. The quantitative estimate of drug-likeness (QED) is 0.905. The van der Waals surface area contributed by atoms with Gasteiger partial charge in [-0.2, -0.15) is 5.26 Å². The number of aromatic nitrogens is 2. The van der Waals surface area contributed by atoms with Gasteiger partial charge < -0.3 is 15.4 Å². The second-order valence-electron chi connectivity index (χ2n) is 4.39. The second-order valence-corrected chi connectivity index (χ2v) is 4.39. The third kappa shape index (κ3) is 3.46. The normalized spacial score (nSPS) is 10.1. The van der Waals surface area contributed by atoms with E-state index in [1.54, 1.807) is 12.1 Å². The number of nitrogens with zero attached hydrogens (tertiary/aromatic N) is 4. The van der Waals surface area contributed by atoms with E-state index in [2.05, 4.69) is 16.0 Å². The van der Waals surface area contributed by atoms with Gasteiger partial charge in [-0.15, -0.1) is 0 Å². The van der Waals surface area contributed by atoms with Crippen molar-refractivity contribution in [1.82, 2.24) is 9.97 Å². The molecule has 0 bridgehead atoms. The largest absolute Gasteiger partial charge is 0.384 e. The lowest BCUT2D eigenvalue weighted by molar-refractivity contribution is 0.128. The molecular weight excluding hydrogens is 266 g/mol. The first-order valence-electron chi connectivity index (χ1n) is 6.59. The van der Waals surface area contributed by atoms with E-state index in [1.807, 2.05) is 37.1 Å². The molecule has 0 aliphatic rings. The summed E-state index contributed by atoms with van der Waals surface area (Å²) in [6.07, 6.45) is 0. The highest BCUT2D eigenvalue weighted by molar-refractivity contribution is 5.67. The number of nitrogen functional groups attached to an aromatic ring is 1. The molecule has 6 heteroatoms. The van der Waals surface area contributed by atoms with E-state index in [0.29, 0.717) is 36.2 Å². The highest BCUT2D eigenvalue weighted by Gasteiger charge is 2.12. The molecule has 0 fully saturated rings. The fourth-order valence-corrected chi connectivity index (χ4v) is 1.92. The zero-order chi connectivity index (χ0) is 15.2. The Morgan fingerprint density at radius 2 is 2.10 bits per heavy atom. The summed E-state index contributed by atoms with van der Waals surface area (Å²) >= 11 is 0. The molecule has 0 spiro atoms. The van der Waals surface area contributed by atoms with E-state index in [0.717, 1.165) is 5.69 Å². The van der Waals surface area contributed by atoms with Gasteiger partial charge in [0.1, 0.15) is 24.3 Å². The molecule has 108 valence electrons. The second kappa shape index (κ2) is 6.68. The Bertz CT molecular complexity index is 665. The topological polar surface area (TPSA) is 88.1 Å². The van der Waals surface area contributed by atoms with Gasteiger partial charge >= 0.3 is 0 Å². The zero-order valence-corrected chi connectivity index (χ0v) is 12.1. The van der Waals surface area contributed by atoms with Crippen LogP contribution in [0.2, 0.25) is 0 Å². The Balaban J connectivity index is 2.36. The number of para-hydroxylation sites is 1. The molecular formula is C15H17N5O. The number of ether oxygens (including phenoxy) is 1. The first-order chi connectivity index (χ1) is 10.2. The van der Waals surface area contributed by atoms with Crippen molar-refractivity contribution in [2.24, 2.45) is 0 Å². The number of hydrogen-bond acceptors (Lipinski definition) is 6. The molecule has 0 unspecified atom stereocenters. The Kier molecular flexibility index (Phi) is 4.69. The maximum absolute atomic E-state index is 9.19. The van der Waals surface area contributed by atoms with Gasteiger partial charge in [0.05, 0.1) is 11.3 Å². The number of hydrogen-bond donors (Lipinski definition) is 1. The van der Waals surface area contributed by atoms with E-state index in [-0.39, 0.29) is 0 Å². The number of nitriles is 1. The molecule has 0 amide bonds. The van der Waals surface area contributed by atoms with E-state index in [9.17, 15) is 5.26 Å². The van der Waals surface area contributed by atoms with Crippen LogP contribution in [0, 0.1) is 11.3 Å². The number of nitrogens with two attached hydrogens (primary N) is 1. The summed E-state index contributed by atoms with van der Waals surface area (Å²) in [5.41, 5.74) is 7.16. The molecule has 0 radical (unpaired) electrons. The van der Waals surface area contributed by atoms with Gasteiger partial charge in [-0.1, -0.05) is 12.1 Å². The molecule has 1 aromatic heterocycles. The Labute approximate surface area is 123 Å². The van der Waals surface area contributed by atoms with Crippen molar-refractivity contribution in [1.29, 1.82) is 5.26 Å². The predicted molar refractivity (Wildman–Crippen MR) is 81.0 cm³/mol. The van der Waals surface area contributed by atoms with Crippen molar-refractivity contribution in [3.8, 4) is 6.07 Å². The molecule has 0 aliphatic carbocycles. The summed E-state index contributed by atoms with van der Waals surface area (Å²) in [6, 6.07) is 11.2. The van der Waals surface area contributed by atoms with Crippen LogP contribution in [0.3, 0.4) is 0 Å². The molecule has 2 aromatic rings. The summed E-state index contributed by atoms with van der Waals surface area (Å²) in [5.74, 6) is 1.52. The molecule has 0 aliphatic heterocycles. The standard InChI is InChI=1S/C15H17N5O/c1-3-21-10-14-18-13(17)8-15(19-14)20(2)12-7-5-4-6-11(12)9-16/h4-8H,3,10H2,1-2H3,(H2,17,18,19). The molecule has 0 saturated heterocycles. The minimum Gasteiger partial charge on any atom is -0.384 e. The van der Waals surface area contributed by atoms with Crippen LogP contribution in [-0.2, 0) is 11.3 Å². The smallest absolute Gasteiger partial charge is 0.158 e. The van der Waals surface area contributed by atoms with Crippen LogP contribution in [0.15, 0.2) is 30.3 Å². The average molecular weight is 283 g/mol. The zero-order valence-electron chi connectivity index (χ0n) is 12.1. The first kappa shape index (κ1) is 14.8. The van der Waals surface area contributed by atoms with Crippen LogP contribution in [0.25, 0.3) is 0 Å². The molecule has 2 N–H and O–H groups in total. The van der Waals surface area contributed by atoms with Gasteiger partial charge in [0.15, 0.2) is 5.82 Å². The fraction of sp³-hybridized carbons (Fsp3) is 0.267. The van der Waals surface area contributed by atoms with Gasteiger partial charge in [-0.05, 0) is 19.1 Å². The summed E-state index contributed by atoms with van der Waals surface area (Å²) in [6.45, 7) is 2.80. The molecule has 1 heterocycles. The Hall–Kier alpha value is -2.65. The summed E-state index contributed by atoms with van der Waals surface area (Å²) < 4.78 is 5.31. The summed E-state index contributed by atoms with van der Waals surface area (Å²) in [4.78, 5) is 10.4. The summed E-state index contributed by atoms with van der Waals surface area (Å²) in [5, 5.41) is 9.19. The fourth-order valence-electron chi connectivity index (χ4n) is 1.92. The van der Waals surface area contributed by atoms with Crippen molar-refractivity contribution < 1.29 is 4.74 Å². The van der Waals surface area contributed by atoms with Crippen molar-refractivity contribution >= 4 is 17.3 Å². The molecule has 21 heavy (non-hydrogen) atoms. The van der Waals surface area contributed by atoms with Gasteiger partial charge in [0, 0.05) is 19.7 Å². The van der Waals surface area contributed by atoms with Crippen LogP contribution in [0.1, 0.15) is 18.3 Å². The van der Waals surface area contributed by atoms with Gasteiger partial charge in [0.2, 0.25) is 0 Å². The first-order valence-corrected chi connectivity index (χ1v) is 6.59. The predicted octanol–water partition coefficient (Wildman–Crippen LogP) is 2.23. The van der Waals surface area contributed by atoms with Crippen molar-refractivity contribution in [2.75, 3.05) is 24.3 Å². The lowest BCUT2D eigenvalue weighted by atomic mass is 10.2. The summed E-state index contributed by atoms with van der Waals surface area (Å²) in [7, 11) is 1.84. The molecule has 0 atom stereocenters. The molecule has 6 nitrogen and oxygen atoms in total. The molecule has 1 aromatic carbocycles. The maximum Gasteiger partial charge on any atom is 0.158 e. The third-order valence-electron chi connectivity index (χ3n) is 2.94. The van der Waals surface area contributed by atoms with E-state index in [4.69, 9.17) is 10.5 Å². The monoisotopic (exact) mass is 283 g/mol. The maximum atomic E-state index is 9.19. The van der Waals surface area contributed by atoms with E-state index in [1.165, 1.54) is 0 Å². The number of anilines is 3. The van der Waals surface area contributed by atoms with Crippen molar-refractivity contribution in [3.63, 3.8) is 0 Å². The lowest BCUT2D eigenvalue weighted by Gasteiger charge is -2.20. The Morgan fingerprint density at radius 3 is 2.81 bits per heavy atom. The molecule has 2 rings (SSSR count). The minimum atomic E-state index is 0.308. The van der Waals surface area contributed by atoms with Crippen LogP contribution < -0.4 is 10.6 Å².